The molecule has 9 heteroatoms. The number of rotatable bonds is 6. The zero-order valence-electron chi connectivity index (χ0n) is 21.4. The van der Waals surface area contributed by atoms with Crippen LogP contribution in [0, 0.1) is 23.7 Å². The van der Waals surface area contributed by atoms with Crippen LogP contribution in [0.15, 0.2) is 53.9 Å². The summed E-state index contributed by atoms with van der Waals surface area (Å²) >= 11 is 7.65. The molecule has 2 bridgehead atoms. The first-order valence-electron chi connectivity index (χ1n) is 13.4. The van der Waals surface area contributed by atoms with Crippen molar-refractivity contribution < 1.29 is 19.1 Å². The van der Waals surface area contributed by atoms with Gasteiger partial charge in [0.1, 0.15) is 11.6 Å². The molecule has 1 aliphatic carbocycles. The van der Waals surface area contributed by atoms with Crippen molar-refractivity contribution in [2.24, 2.45) is 23.7 Å². The van der Waals surface area contributed by atoms with Crippen LogP contribution in [0.1, 0.15) is 38.0 Å². The third-order valence-electron chi connectivity index (χ3n) is 8.96. The number of halogens is 1. The number of benzene rings is 1. The van der Waals surface area contributed by atoms with E-state index in [2.05, 4.69) is 24.5 Å². The number of anilines is 1. The first kappa shape index (κ1) is 25.6. The molecule has 4 aliphatic rings. The molecule has 3 amide bonds. The van der Waals surface area contributed by atoms with Crippen LogP contribution in [0.4, 0.5) is 5.69 Å². The standard InChI is InChI=1S/C29H32ClN3O4S/c1-16-6-3-10-21(17(16)2)32-27(35)25-29-12-11-22(37-29)23(26(34)31-19-8-4-7-18(30)14-19)24(29)28(36)33(25)15-20-9-5-13-38-20/h4-5,7-9,11-14,16-17,21-25H,3,6,10,15H2,1-2H3,(H,31,34)(H,32,35). The van der Waals surface area contributed by atoms with Gasteiger partial charge in [-0.1, -0.05) is 62.6 Å². The molecular weight excluding hydrogens is 522 g/mol. The summed E-state index contributed by atoms with van der Waals surface area (Å²) in [5.74, 6) is -1.40. The first-order valence-corrected chi connectivity index (χ1v) is 14.6. The molecule has 6 rings (SSSR count). The Morgan fingerprint density at radius 3 is 2.79 bits per heavy atom. The molecule has 1 aromatic heterocycles. The highest BCUT2D eigenvalue weighted by Crippen LogP contribution is 2.55. The predicted octanol–water partition coefficient (Wildman–Crippen LogP) is 4.63. The third kappa shape index (κ3) is 4.17. The van der Waals surface area contributed by atoms with E-state index in [-0.39, 0.29) is 23.8 Å². The fourth-order valence-electron chi connectivity index (χ4n) is 6.85. The molecule has 3 fully saturated rings. The van der Waals surface area contributed by atoms with Crippen LogP contribution in [0.2, 0.25) is 5.02 Å². The van der Waals surface area contributed by atoms with Crippen molar-refractivity contribution in [2.75, 3.05) is 5.32 Å². The van der Waals surface area contributed by atoms with Crippen molar-refractivity contribution in [3.63, 3.8) is 0 Å². The van der Waals surface area contributed by atoms with Crippen LogP contribution >= 0.6 is 22.9 Å². The largest absolute Gasteiger partial charge is 0.359 e. The van der Waals surface area contributed by atoms with Crippen LogP contribution in [0.25, 0.3) is 0 Å². The lowest BCUT2D eigenvalue weighted by Gasteiger charge is -2.38. The second kappa shape index (κ2) is 9.81. The van der Waals surface area contributed by atoms with Crippen LogP contribution in [0.5, 0.6) is 0 Å². The maximum Gasteiger partial charge on any atom is 0.246 e. The summed E-state index contributed by atoms with van der Waals surface area (Å²) in [4.78, 5) is 44.3. The zero-order chi connectivity index (χ0) is 26.6. The maximum absolute atomic E-state index is 14.1. The number of carbonyl (C=O) groups is 3. The van der Waals surface area contributed by atoms with E-state index in [1.807, 2.05) is 29.7 Å². The van der Waals surface area contributed by atoms with Crippen molar-refractivity contribution in [1.82, 2.24) is 10.2 Å². The minimum atomic E-state index is -1.18. The van der Waals surface area contributed by atoms with Crippen molar-refractivity contribution in [3.8, 4) is 0 Å². The van der Waals surface area contributed by atoms with E-state index in [0.717, 1.165) is 24.1 Å². The second-order valence-electron chi connectivity index (χ2n) is 11.1. The van der Waals surface area contributed by atoms with E-state index in [1.165, 1.54) is 0 Å². The Kier molecular flexibility index (Phi) is 6.61. The Morgan fingerprint density at radius 2 is 2.03 bits per heavy atom. The molecular formula is C29H32ClN3O4S. The Hall–Kier alpha value is -2.68. The molecule has 38 heavy (non-hydrogen) atoms. The van der Waals surface area contributed by atoms with E-state index in [0.29, 0.717) is 29.1 Å². The molecule has 200 valence electrons. The van der Waals surface area contributed by atoms with Gasteiger partial charge >= 0.3 is 0 Å². The second-order valence-corrected chi connectivity index (χ2v) is 12.6. The lowest BCUT2D eigenvalue weighted by Crippen LogP contribution is -2.57. The third-order valence-corrected chi connectivity index (χ3v) is 10.1. The number of amides is 3. The summed E-state index contributed by atoms with van der Waals surface area (Å²) < 4.78 is 6.45. The van der Waals surface area contributed by atoms with Crippen molar-refractivity contribution in [1.29, 1.82) is 0 Å². The van der Waals surface area contributed by atoms with Gasteiger partial charge in [-0.05, 0) is 47.9 Å². The van der Waals surface area contributed by atoms with E-state index in [4.69, 9.17) is 16.3 Å². The number of hydrogen-bond acceptors (Lipinski definition) is 5. The molecule has 2 aromatic rings. The van der Waals surface area contributed by atoms with Crippen molar-refractivity contribution >= 4 is 46.3 Å². The zero-order valence-corrected chi connectivity index (χ0v) is 23.0. The summed E-state index contributed by atoms with van der Waals surface area (Å²) in [6.07, 6.45) is 6.26. The highest BCUT2D eigenvalue weighted by molar-refractivity contribution is 7.09. The number of likely N-dealkylation sites (tertiary alicyclic amines) is 1. The molecule has 8 atom stereocenters. The smallest absolute Gasteiger partial charge is 0.246 e. The number of fused-ring (bicyclic) bond motifs is 1. The van der Waals surface area contributed by atoms with Crippen molar-refractivity contribution in [3.05, 3.63) is 63.8 Å². The Balaban J connectivity index is 1.32. The van der Waals surface area contributed by atoms with Crippen LogP contribution in [-0.4, -0.2) is 46.4 Å². The van der Waals surface area contributed by atoms with Crippen LogP contribution in [0.3, 0.4) is 0 Å². The average molecular weight is 554 g/mol. The summed E-state index contributed by atoms with van der Waals surface area (Å²) in [7, 11) is 0. The number of carbonyl (C=O) groups excluding carboxylic acids is 3. The lowest BCUT2D eigenvalue weighted by atomic mass is 9.73. The van der Waals surface area contributed by atoms with E-state index in [9.17, 15) is 14.4 Å². The number of ether oxygens (including phenoxy) is 1. The van der Waals surface area contributed by atoms with E-state index < -0.39 is 29.6 Å². The summed E-state index contributed by atoms with van der Waals surface area (Å²) in [5, 5.41) is 8.67. The highest BCUT2D eigenvalue weighted by atomic mass is 35.5. The Morgan fingerprint density at radius 1 is 1.18 bits per heavy atom. The minimum absolute atomic E-state index is 0.0462. The van der Waals surface area contributed by atoms with Gasteiger partial charge in [0.15, 0.2) is 0 Å². The molecule has 1 saturated carbocycles. The van der Waals surface area contributed by atoms with E-state index >= 15 is 0 Å². The molecule has 7 nitrogen and oxygen atoms in total. The van der Waals surface area contributed by atoms with Gasteiger partial charge in [-0.3, -0.25) is 14.4 Å². The molecule has 2 saturated heterocycles. The van der Waals surface area contributed by atoms with Crippen LogP contribution in [-0.2, 0) is 25.7 Å². The average Bonchev–Trinajstić information content (AvgIpc) is 3.65. The molecule has 2 N–H and O–H groups in total. The Bertz CT molecular complexity index is 1280. The molecule has 3 aliphatic heterocycles. The fourth-order valence-corrected chi connectivity index (χ4v) is 7.74. The molecule has 8 unspecified atom stereocenters. The molecule has 1 spiro atoms. The minimum Gasteiger partial charge on any atom is -0.359 e. The van der Waals surface area contributed by atoms with Gasteiger partial charge in [0.25, 0.3) is 0 Å². The van der Waals surface area contributed by atoms with Gasteiger partial charge < -0.3 is 20.3 Å². The fraction of sp³-hybridized carbons (Fsp3) is 0.483. The lowest BCUT2D eigenvalue weighted by molar-refractivity contribution is -0.142. The van der Waals surface area contributed by atoms with Gasteiger partial charge in [-0.2, -0.15) is 0 Å². The van der Waals surface area contributed by atoms with Crippen molar-refractivity contribution in [2.45, 2.75) is 63.4 Å². The number of thiophene rings is 1. The maximum atomic E-state index is 14.1. The van der Waals surface area contributed by atoms with Crippen LogP contribution < -0.4 is 10.6 Å². The number of nitrogens with one attached hydrogen (secondary N) is 2. The summed E-state index contributed by atoms with van der Waals surface area (Å²) in [6.45, 7) is 4.72. The Labute approximate surface area is 231 Å². The molecule has 4 heterocycles. The first-order chi connectivity index (χ1) is 18.3. The highest BCUT2D eigenvalue weighted by Gasteiger charge is 2.72. The number of nitrogens with zero attached hydrogens (tertiary/aromatic N) is 1. The normalized spacial score (nSPS) is 35.4. The SMILES string of the molecule is CC1CCCC(NC(=O)C2N(Cc3cccs3)C(=O)C3C(C(=O)Nc4cccc(Cl)c4)C4C=CC32O4)C1C. The molecule has 0 radical (unpaired) electrons. The number of hydrogen-bond donors (Lipinski definition) is 2. The van der Waals surface area contributed by atoms with E-state index in [1.54, 1.807) is 40.5 Å². The molecule has 1 aromatic carbocycles. The topological polar surface area (TPSA) is 87.7 Å². The summed E-state index contributed by atoms with van der Waals surface area (Å²) in [5.41, 5.74) is -0.623. The monoisotopic (exact) mass is 553 g/mol. The summed E-state index contributed by atoms with van der Waals surface area (Å²) in [6, 6.07) is 10.0. The van der Waals surface area contributed by atoms with Gasteiger partial charge in [0.05, 0.1) is 24.5 Å². The van der Waals surface area contributed by atoms with Gasteiger partial charge in [0, 0.05) is 21.6 Å². The van der Waals surface area contributed by atoms with Gasteiger partial charge in [0.2, 0.25) is 17.7 Å². The van der Waals surface area contributed by atoms with Gasteiger partial charge in [-0.15, -0.1) is 11.3 Å². The quantitative estimate of drug-likeness (QED) is 0.511. The van der Waals surface area contributed by atoms with Gasteiger partial charge in [-0.25, -0.2) is 0 Å². The predicted molar refractivity (Wildman–Crippen MR) is 147 cm³/mol.